The summed E-state index contributed by atoms with van der Waals surface area (Å²) in [4.78, 5) is 14.2. The molecule has 0 spiro atoms. The van der Waals surface area contributed by atoms with E-state index in [1.807, 2.05) is 0 Å². The van der Waals surface area contributed by atoms with Gasteiger partial charge in [-0.2, -0.15) is 18.3 Å². The van der Waals surface area contributed by atoms with Crippen LogP contribution in [-0.2, 0) is 23.9 Å². The normalized spacial score (nSPS) is 21.3. The minimum absolute atomic E-state index is 0.0950. The van der Waals surface area contributed by atoms with E-state index in [2.05, 4.69) is 15.5 Å². The summed E-state index contributed by atoms with van der Waals surface area (Å²) in [6.45, 7) is 2.40. The lowest BCUT2D eigenvalue weighted by molar-refractivity contribution is -0.142. The molecular formula is C16H23F3N4O. The van der Waals surface area contributed by atoms with Crippen molar-refractivity contribution in [3.05, 3.63) is 17.0 Å². The van der Waals surface area contributed by atoms with Crippen molar-refractivity contribution in [3.63, 3.8) is 0 Å². The first-order valence-corrected chi connectivity index (χ1v) is 8.54. The third kappa shape index (κ3) is 3.58. The molecule has 0 aromatic carbocycles. The van der Waals surface area contributed by atoms with Gasteiger partial charge in [0, 0.05) is 36.8 Å². The molecule has 1 aliphatic heterocycles. The minimum Gasteiger partial charge on any atom is -0.352 e. The van der Waals surface area contributed by atoms with Crippen molar-refractivity contribution in [2.45, 2.75) is 70.3 Å². The Labute approximate surface area is 139 Å². The second-order valence-electron chi connectivity index (χ2n) is 6.77. The first-order chi connectivity index (χ1) is 11.4. The fraction of sp³-hybridized carbons (Fsp3) is 0.750. The number of carbonyl (C=O) groups is 1. The zero-order valence-electron chi connectivity index (χ0n) is 13.7. The van der Waals surface area contributed by atoms with Gasteiger partial charge in [-0.1, -0.05) is 19.3 Å². The second-order valence-corrected chi connectivity index (χ2v) is 6.77. The largest absolute Gasteiger partial charge is 0.435 e. The summed E-state index contributed by atoms with van der Waals surface area (Å²) in [5, 5.41) is 8.97. The van der Waals surface area contributed by atoms with E-state index in [0.29, 0.717) is 18.7 Å². The van der Waals surface area contributed by atoms with Crippen molar-refractivity contribution in [3.8, 4) is 0 Å². The highest BCUT2D eigenvalue weighted by Gasteiger charge is 2.40. The molecule has 1 aliphatic carbocycles. The van der Waals surface area contributed by atoms with Gasteiger partial charge in [0.25, 0.3) is 0 Å². The van der Waals surface area contributed by atoms with Crippen LogP contribution < -0.4 is 5.32 Å². The molecule has 5 nitrogen and oxygen atoms in total. The van der Waals surface area contributed by atoms with Gasteiger partial charge < -0.3 is 5.32 Å². The average molecular weight is 344 g/mol. The molecule has 2 N–H and O–H groups in total. The number of rotatable bonds is 3. The van der Waals surface area contributed by atoms with Crippen molar-refractivity contribution < 1.29 is 18.0 Å². The summed E-state index contributed by atoms with van der Waals surface area (Å²) in [6, 6.07) is -0.246. The molecular weight excluding hydrogens is 321 g/mol. The molecule has 1 aromatic heterocycles. The first kappa shape index (κ1) is 17.3. The zero-order chi connectivity index (χ0) is 17.3. The lowest BCUT2D eigenvalue weighted by Crippen LogP contribution is -2.50. The quantitative estimate of drug-likeness (QED) is 0.886. The molecule has 3 rings (SSSR count). The number of hydrogen-bond acceptors (Lipinski definition) is 3. The van der Waals surface area contributed by atoms with Crippen LogP contribution in [-0.4, -0.2) is 39.6 Å². The molecule has 1 fully saturated rings. The smallest absolute Gasteiger partial charge is 0.352 e. The number of alkyl halides is 3. The van der Waals surface area contributed by atoms with E-state index < -0.39 is 17.9 Å². The maximum absolute atomic E-state index is 13.0. The summed E-state index contributed by atoms with van der Waals surface area (Å²) in [5.74, 6) is -0.0950. The van der Waals surface area contributed by atoms with E-state index in [4.69, 9.17) is 0 Å². The van der Waals surface area contributed by atoms with Crippen LogP contribution in [0, 0.1) is 0 Å². The number of aromatic nitrogens is 2. The molecule has 134 valence electrons. The average Bonchev–Trinajstić information content (AvgIpc) is 2.98. The highest BCUT2D eigenvalue weighted by atomic mass is 19.4. The number of halogens is 3. The third-order valence-corrected chi connectivity index (χ3v) is 5.11. The Balaban J connectivity index is 1.65. The van der Waals surface area contributed by atoms with E-state index in [1.165, 1.54) is 6.42 Å². The van der Waals surface area contributed by atoms with E-state index in [-0.39, 0.29) is 24.1 Å². The van der Waals surface area contributed by atoms with Gasteiger partial charge in [0.15, 0.2) is 5.69 Å². The minimum atomic E-state index is -4.47. The standard InChI is InChI=1S/C16H23F3N4O/c1-10(15(24)20-11-5-3-2-4-6-11)23-8-7-13-12(9-23)14(22-21-13)16(17,18)19/h10-11H,2-9H2,1H3,(H,20,24)(H,21,22). The van der Waals surface area contributed by atoms with E-state index in [1.54, 1.807) is 11.8 Å². The SMILES string of the molecule is CC(C(=O)NC1CCCCC1)N1CCc2[nH]nc(C(F)(F)F)c2C1. The topological polar surface area (TPSA) is 61.0 Å². The Morgan fingerprint density at radius 1 is 1.33 bits per heavy atom. The molecule has 1 saturated carbocycles. The summed E-state index contributed by atoms with van der Waals surface area (Å²) in [7, 11) is 0. The highest BCUT2D eigenvalue weighted by molar-refractivity contribution is 5.81. The summed E-state index contributed by atoms with van der Waals surface area (Å²) in [6.07, 6.45) is 1.40. The fourth-order valence-corrected chi connectivity index (χ4v) is 3.62. The number of amides is 1. The molecule has 1 unspecified atom stereocenters. The summed E-state index contributed by atoms with van der Waals surface area (Å²) >= 11 is 0. The Kier molecular flexibility index (Phi) is 4.85. The number of nitrogens with zero attached hydrogens (tertiary/aromatic N) is 2. The van der Waals surface area contributed by atoms with Gasteiger partial charge in [0.05, 0.1) is 6.04 Å². The van der Waals surface area contributed by atoms with Crippen molar-refractivity contribution in [2.24, 2.45) is 0 Å². The lowest BCUT2D eigenvalue weighted by atomic mass is 9.95. The Morgan fingerprint density at radius 3 is 2.71 bits per heavy atom. The molecule has 0 radical (unpaired) electrons. The van der Waals surface area contributed by atoms with Crippen LogP contribution in [0.3, 0.4) is 0 Å². The van der Waals surface area contributed by atoms with Crippen molar-refractivity contribution in [2.75, 3.05) is 6.54 Å². The third-order valence-electron chi connectivity index (χ3n) is 5.11. The summed E-state index contributed by atoms with van der Waals surface area (Å²) < 4.78 is 39.1. The molecule has 2 aliphatic rings. The van der Waals surface area contributed by atoms with E-state index in [9.17, 15) is 18.0 Å². The number of aromatic amines is 1. The van der Waals surface area contributed by atoms with Crippen molar-refractivity contribution >= 4 is 5.91 Å². The number of carbonyl (C=O) groups excluding carboxylic acids is 1. The Bertz CT molecular complexity index is 593. The van der Waals surface area contributed by atoms with Crippen molar-refractivity contribution in [1.82, 2.24) is 20.4 Å². The van der Waals surface area contributed by atoms with Gasteiger partial charge in [-0.3, -0.25) is 14.8 Å². The van der Waals surface area contributed by atoms with Gasteiger partial charge in [-0.25, -0.2) is 0 Å². The predicted octanol–water partition coefficient (Wildman–Crippen LogP) is 2.62. The van der Waals surface area contributed by atoms with Gasteiger partial charge in [-0.15, -0.1) is 0 Å². The number of fused-ring (bicyclic) bond motifs is 1. The van der Waals surface area contributed by atoms with Crippen LogP contribution in [0.2, 0.25) is 0 Å². The van der Waals surface area contributed by atoms with Gasteiger partial charge in [0.1, 0.15) is 0 Å². The zero-order valence-corrected chi connectivity index (χ0v) is 13.7. The molecule has 2 heterocycles. The maximum atomic E-state index is 13.0. The number of nitrogens with one attached hydrogen (secondary N) is 2. The second kappa shape index (κ2) is 6.74. The van der Waals surface area contributed by atoms with Crippen molar-refractivity contribution in [1.29, 1.82) is 0 Å². The molecule has 1 amide bonds. The molecule has 8 heteroatoms. The van der Waals surface area contributed by atoms with E-state index >= 15 is 0 Å². The fourth-order valence-electron chi connectivity index (χ4n) is 3.62. The Hall–Kier alpha value is -1.57. The van der Waals surface area contributed by atoms with Gasteiger partial charge in [0.2, 0.25) is 5.91 Å². The van der Waals surface area contributed by atoms with Crippen LogP contribution in [0.5, 0.6) is 0 Å². The summed E-state index contributed by atoms with van der Waals surface area (Å²) in [5.41, 5.74) is -0.161. The van der Waals surface area contributed by atoms with Crippen LogP contribution in [0.1, 0.15) is 56.0 Å². The molecule has 1 aromatic rings. The van der Waals surface area contributed by atoms with Gasteiger partial charge >= 0.3 is 6.18 Å². The van der Waals surface area contributed by atoms with Gasteiger partial charge in [-0.05, 0) is 19.8 Å². The monoisotopic (exact) mass is 344 g/mol. The lowest BCUT2D eigenvalue weighted by Gasteiger charge is -2.33. The van der Waals surface area contributed by atoms with Crippen LogP contribution in [0.15, 0.2) is 0 Å². The molecule has 0 saturated heterocycles. The highest BCUT2D eigenvalue weighted by Crippen LogP contribution is 2.34. The first-order valence-electron chi connectivity index (χ1n) is 8.54. The number of H-pyrrole nitrogens is 1. The van der Waals surface area contributed by atoms with Crippen LogP contribution >= 0.6 is 0 Å². The van der Waals surface area contributed by atoms with Crippen LogP contribution in [0.25, 0.3) is 0 Å². The number of hydrogen-bond donors (Lipinski definition) is 2. The molecule has 24 heavy (non-hydrogen) atoms. The molecule has 0 bridgehead atoms. The Morgan fingerprint density at radius 2 is 2.04 bits per heavy atom. The predicted molar refractivity (Wildman–Crippen MR) is 82.2 cm³/mol. The molecule has 1 atom stereocenters. The van der Waals surface area contributed by atoms with Crippen LogP contribution in [0.4, 0.5) is 13.2 Å². The van der Waals surface area contributed by atoms with E-state index in [0.717, 1.165) is 25.7 Å². The maximum Gasteiger partial charge on any atom is 0.435 e.